The van der Waals surface area contributed by atoms with Crippen molar-refractivity contribution in [2.45, 2.75) is 27.3 Å². The molecule has 0 spiro atoms. The zero-order valence-corrected chi connectivity index (χ0v) is 12.0. The third kappa shape index (κ3) is 4.27. The zero-order chi connectivity index (χ0) is 12.9. The van der Waals surface area contributed by atoms with Crippen molar-refractivity contribution in [1.29, 1.82) is 0 Å². The second-order valence-electron chi connectivity index (χ2n) is 4.76. The molecule has 0 saturated heterocycles. The van der Waals surface area contributed by atoms with Crippen LogP contribution < -0.4 is 5.73 Å². The van der Waals surface area contributed by atoms with Crippen LogP contribution in [0.2, 0.25) is 0 Å². The Hall–Kier alpha value is -1.13. The number of nitrogens with zero attached hydrogens (tertiary/aromatic N) is 2. The van der Waals surface area contributed by atoms with Gasteiger partial charge in [-0.1, -0.05) is 0 Å². The molecule has 1 heterocycles. The summed E-state index contributed by atoms with van der Waals surface area (Å²) in [6.45, 7) is 7.39. The molecule has 5 heteroatoms. The first-order valence-electron chi connectivity index (χ1n) is 5.89. The number of rotatable bonds is 5. The molecular weight excluding hydrogens is 250 g/mol. The van der Waals surface area contributed by atoms with Crippen LogP contribution >= 0.6 is 12.4 Å². The lowest BCUT2D eigenvalue weighted by molar-refractivity contribution is -0.140. The van der Waals surface area contributed by atoms with Crippen molar-refractivity contribution in [3.05, 3.63) is 30.1 Å². The number of aromatic nitrogens is 1. The van der Waals surface area contributed by atoms with Crippen LogP contribution in [0.25, 0.3) is 0 Å². The number of hydrogen-bond acceptors (Lipinski definition) is 3. The number of amides is 1. The SMILES string of the molecule is CCN(Cc1ccncc1)C(=O)C(C)(C)CN.Cl. The number of carbonyl (C=O) groups excluding carboxylic acids is 1. The van der Waals surface area contributed by atoms with Crippen molar-refractivity contribution in [2.24, 2.45) is 11.1 Å². The molecule has 102 valence electrons. The van der Waals surface area contributed by atoms with E-state index in [0.29, 0.717) is 19.6 Å². The summed E-state index contributed by atoms with van der Waals surface area (Å²) in [5.74, 6) is 0.0966. The van der Waals surface area contributed by atoms with Crippen LogP contribution in [0, 0.1) is 5.41 Å². The van der Waals surface area contributed by atoms with E-state index in [0.717, 1.165) is 5.56 Å². The van der Waals surface area contributed by atoms with Gasteiger partial charge in [-0.25, -0.2) is 0 Å². The lowest BCUT2D eigenvalue weighted by Gasteiger charge is -2.30. The van der Waals surface area contributed by atoms with Gasteiger partial charge in [0.05, 0.1) is 5.41 Å². The number of carbonyl (C=O) groups is 1. The van der Waals surface area contributed by atoms with Gasteiger partial charge in [-0.05, 0) is 38.5 Å². The van der Waals surface area contributed by atoms with E-state index >= 15 is 0 Å². The van der Waals surface area contributed by atoms with Crippen LogP contribution in [-0.2, 0) is 11.3 Å². The molecule has 1 aromatic rings. The Kier molecular flexibility index (Phi) is 6.88. The summed E-state index contributed by atoms with van der Waals surface area (Å²) >= 11 is 0. The fourth-order valence-electron chi connectivity index (χ4n) is 1.55. The molecule has 0 aliphatic rings. The first-order chi connectivity index (χ1) is 8.01. The quantitative estimate of drug-likeness (QED) is 0.889. The van der Waals surface area contributed by atoms with Crippen molar-refractivity contribution < 1.29 is 4.79 Å². The van der Waals surface area contributed by atoms with E-state index in [2.05, 4.69) is 4.98 Å². The molecule has 0 unspecified atom stereocenters. The summed E-state index contributed by atoms with van der Waals surface area (Å²) in [6.07, 6.45) is 3.48. The topological polar surface area (TPSA) is 59.2 Å². The Morgan fingerprint density at radius 3 is 2.39 bits per heavy atom. The normalized spacial score (nSPS) is 10.7. The minimum Gasteiger partial charge on any atom is -0.338 e. The number of hydrogen-bond donors (Lipinski definition) is 1. The zero-order valence-electron chi connectivity index (χ0n) is 11.2. The minimum atomic E-state index is -0.497. The van der Waals surface area contributed by atoms with E-state index in [4.69, 9.17) is 5.73 Å². The Morgan fingerprint density at radius 1 is 1.39 bits per heavy atom. The molecule has 0 bridgehead atoms. The molecule has 0 radical (unpaired) electrons. The Bertz CT molecular complexity index is 368. The summed E-state index contributed by atoms with van der Waals surface area (Å²) in [7, 11) is 0. The molecule has 18 heavy (non-hydrogen) atoms. The highest BCUT2D eigenvalue weighted by Gasteiger charge is 2.29. The van der Waals surface area contributed by atoms with E-state index in [1.807, 2.05) is 37.8 Å². The van der Waals surface area contributed by atoms with Crippen molar-refractivity contribution in [3.8, 4) is 0 Å². The van der Waals surface area contributed by atoms with Crippen LogP contribution in [0.15, 0.2) is 24.5 Å². The van der Waals surface area contributed by atoms with E-state index in [-0.39, 0.29) is 18.3 Å². The van der Waals surface area contributed by atoms with Gasteiger partial charge in [0.1, 0.15) is 0 Å². The maximum absolute atomic E-state index is 12.3. The van der Waals surface area contributed by atoms with Gasteiger partial charge in [-0.15, -0.1) is 12.4 Å². The van der Waals surface area contributed by atoms with Crippen LogP contribution in [0.5, 0.6) is 0 Å². The summed E-state index contributed by atoms with van der Waals surface area (Å²) < 4.78 is 0. The summed E-state index contributed by atoms with van der Waals surface area (Å²) in [5, 5.41) is 0. The first-order valence-corrected chi connectivity index (χ1v) is 5.89. The van der Waals surface area contributed by atoms with E-state index in [1.54, 1.807) is 12.4 Å². The third-order valence-corrected chi connectivity index (χ3v) is 2.88. The fraction of sp³-hybridized carbons (Fsp3) is 0.538. The predicted molar refractivity (Wildman–Crippen MR) is 75.4 cm³/mol. The van der Waals surface area contributed by atoms with E-state index < -0.39 is 5.41 Å². The Morgan fingerprint density at radius 2 is 1.94 bits per heavy atom. The molecule has 1 aromatic heterocycles. The fourth-order valence-corrected chi connectivity index (χ4v) is 1.55. The van der Waals surface area contributed by atoms with E-state index in [9.17, 15) is 4.79 Å². The second kappa shape index (κ2) is 7.34. The summed E-state index contributed by atoms with van der Waals surface area (Å²) in [6, 6.07) is 3.84. The van der Waals surface area contributed by atoms with Crippen molar-refractivity contribution in [2.75, 3.05) is 13.1 Å². The molecule has 1 rings (SSSR count). The van der Waals surface area contributed by atoms with Crippen LogP contribution in [-0.4, -0.2) is 28.9 Å². The molecule has 0 saturated carbocycles. The molecule has 0 atom stereocenters. The Labute approximate surface area is 115 Å². The van der Waals surface area contributed by atoms with Gasteiger partial charge in [0, 0.05) is 32.0 Å². The second-order valence-corrected chi connectivity index (χ2v) is 4.76. The molecule has 4 nitrogen and oxygen atoms in total. The molecular formula is C13H22ClN3O. The molecule has 0 aromatic carbocycles. The molecule has 1 amide bonds. The number of halogens is 1. The van der Waals surface area contributed by atoms with Gasteiger partial charge in [0.15, 0.2) is 0 Å². The monoisotopic (exact) mass is 271 g/mol. The van der Waals surface area contributed by atoms with Crippen molar-refractivity contribution in [3.63, 3.8) is 0 Å². The number of pyridine rings is 1. The lowest BCUT2D eigenvalue weighted by Crippen LogP contribution is -2.44. The van der Waals surface area contributed by atoms with Crippen LogP contribution in [0.1, 0.15) is 26.3 Å². The van der Waals surface area contributed by atoms with Crippen molar-refractivity contribution >= 4 is 18.3 Å². The van der Waals surface area contributed by atoms with E-state index in [1.165, 1.54) is 0 Å². The largest absolute Gasteiger partial charge is 0.338 e. The molecule has 0 fully saturated rings. The maximum Gasteiger partial charge on any atom is 0.229 e. The van der Waals surface area contributed by atoms with Gasteiger partial charge < -0.3 is 10.6 Å². The molecule has 0 aliphatic heterocycles. The molecule has 0 aliphatic carbocycles. The lowest BCUT2D eigenvalue weighted by atomic mass is 9.91. The van der Waals surface area contributed by atoms with Gasteiger partial charge >= 0.3 is 0 Å². The summed E-state index contributed by atoms with van der Waals surface area (Å²) in [5.41, 5.74) is 6.22. The first kappa shape index (κ1) is 16.9. The van der Waals surface area contributed by atoms with Crippen LogP contribution in [0.4, 0.5) is 0 Å². The standard InChI is InChI=1S/C13H21N3O.ClH/c1-4-16(12(17)13(2,3)10-14)9-11-5-7-15-8-6-11;/h5-8H,4,9-10,14H2,1-3H3;1H. The summed E-state index contributed by atoms with van der Waals surface area (Å²) in [4.78, 5) is 18.0. The average Bonchev–Trinajstić information content (AvgIpc) is 2.36. The van der Waals surface area contributed by atoms with Crippen molar-refractivity contribution in [1.82, 2.24) is 9.88 Å². The van der Waals surface area contributed by atoms with Gasteiger partial charge in [-0.2, -0.15) is 0 Å². The molecule has 2 N–H and O–H groups in total. The maximum atomic E-state index is 12.3. The average molecular weight is 272 g/mol. The van der Waals surface area contributed by atoms with Gasteiger partial charge in [0.25, 0.3) is 0 Å². The smallest absolute Gasteiger partial charge is 0.229 e. The third-order valence-electron chi connectivity index (χ3n) is 2.88. The Balaban J connectivity index is 0.00000289. The number of nitrogens with two attached hydrogens (primary N) is 1. The van der Waals surface area contributed by atoms with Gasteiger partial charge in [-0.3, -0.25) is 9.78 Å². The van der Waals surface area contributed by atoms with Crippen LogP contribution in [0.3, 0.4) is 0 Å². The minimum absolute atomic E-state index is 0. The predicted octanol–water partition coefficient (Wildman–Crippen LogP) is 1.84. The van der Waals surface area contributed by atoms with Gasteiger partial charge in [0.2, 0.25) is 5.91 Å². The highest BCUT2D eigenvalue weighted by atomic mass is 35.5. The highest BCUT2D eigenvalue weighted by molar-refractivity contribution is 5.85. The highest BCUT2D eigenvalue weighted by Crippen LogP contribution is 2.18.